The Kier molecular flexibility index (Phi) is 3.49. The van der Waals surface area contributed by atoms with Crippen LogP contribution in [0.2, 0.25) is 0 Å². The first-order valence-electron chi connectivity index (χ1n) is 5.32. The molecule has 1 fully saturated rings. The summed E-state index contributed by atoms with van der Waals surface area (Å²) < 4.78 is 26.0. The Morgan fingerprint density at radius 2 is 1.88 bits per heavy atom. The Balaban J connectivity index is 2.31. The van der Waals surface area contributed by atoms with Gasteiger partial charge in [-0.1, -0.05) is 6.07 Å². The van der Waals surface area contributed by atoms with Crippen LogP contribution in [-0.2, 0) is 0 Å². The summed E-state index contributed by atoms with van der Waals surface area (Å²) in [5, 5.41) is 7.90. The summed E-state index contributed by atoms with van der Waals surface area (Å²) in [6.07, 6.45) is 5.42. The summed E-state index contributed by atoms with van der Waals surface area (Å²) in [7, 11) is -2.58. The number of halogens is 2. The zero-order valence-corrected chi connectivity index (χ0v) is 8.81. The van der Waals surface area contributed by atoms with Crippen molar-refractivity contribution in [3.8, 4) is 0 Å². The molecule has 0 radical (unpaired) electrons. The molecule has 0 spiro atoms. The molecule has 1 aromatic rings. The number of rotatable bonds is 2. The molecule has 1 aliphatic rings. The second-order valence-corrected chi connectivity index (χ2v) is 3.72. The molecule has 1 heterocycles. The summed E-state index contributed by atoms with van der Waals surface area (Å²) in [5.74, 6) is 0. The van der Waals surface area contributed by atoms with E-state index in [1.807, 2.05) is 0 Å². The maximum absolute atomic E-state index is 12.6. The van der Waals surface area contributed by atoms with E-state index in [4.69, 9.17) is 0 Å². The molecule has 1 saturated carbocycles. The molecule has 0 saturated heterocycles. The van der Waals surface area contributed by atoms with E-state index in [0.717, 1.165) is 35.9 Å². The highest BCUT2D eigenvalue weighted by Crippen LogP contribution is 2.14. The average molecular weight is 223 g/mol. The fourth-order valence-electron chi connectivity index (χ4n) is 1.70. The summed E-state index contributed by atoms with van der Waals surface area (Å²) >= 11 is 0. The van der Waals surface area contributed by atoms with Gasteiger partial charge in [0.15, 0.2) is 0 Å². The van der Waals surface area contributed by atoms with Crippen molar-refractivity contribution in [3.05, 3.63) is 29.9 Å². The van der Waals surface area contributed by atoms with Gasteiger partial charge in [-0.15, -0.1) is 5.10 Å². The normalized spacial score (nSPS) is 16.6. The Hall–Kier alpha value is -1.46. The molecule has 1 aliphatic carbocycles. The molecule has 0 atom stereocenters. The van der Waals surface area contributed by atoms with Gasteiger partial charge in [0.2, 0.25) is 0 Å². The van der Waals surface area contributed by atoms with Crippen LogP contribution in [-0.4, -0.2) is 17.6 Å². The standard InChI is InChI=1S/C10H12BF2N3/c12-11(13)16-8-4-3-7-10(16)15-14-9-5-1-2-6-9/h3-4,7-8H,1-2,5-6H2/b15-10-. The van der Waals surface area contributed by atoms with Crippen LogP contribution in [0.4, 0.5) is 8.63 Å². The van der Waals surface area contributed by atoms with Gasteiger partial charge in [0.25, 0.3) is 0 Å². The van der Waals surface area contributed by atoms with Crippen LogP contribution in [0.5, 0.6) is 0 Å². The molecule has 2 rings (SSSR count). The molecule has 0 aliphatic heterocycles. The van der Waals surface area contributed by atoms with Gasteiger partial charge in [-0.25, -0.2) is 0 Å². The second-order valence-electron chi connectivity index (χ2n) is 3.72. The number of aromatic nitrogens is 1. The SMILES string of the molecule is FB(F)n1cccc/c1=N/N=C1CCCC1. The van der Waals surface area contributed by atoms with Gasteiger partial charge < -0.3 is 4.48 Å². The van der Waals surface area contributed by atoms with Gasteiger partial charge in [0.1, 0.15) is 5.49 Å². The minimum Gasteiger partial charge on any atom is -0.315 e. The minimum atomic E-state index is -2.58. The molecule has 3 nitrogen and oxygen atoms in total. The Morgan fingerprint density at radius 1 is 1.12 bits per heavy atom. The third-order valence-electron chi connectivity index (χ3n) is 2.55. The van der Waals surface area contributed by atoms with E-state index in [1.54, 1.807) is 12.1 Å². The van der Waals surface area contributed by atoms with E-state index in [0.29, 0.717) is 0 Å². The van der Waals surface area contributed by atoms with Gasteiger partial charge in [0.05, 0.1) is 0 Å². The van der Waals surface area contributed by atoms with Crippen molar-refractivity contribution >= 4 is 13.1 Å². The summed E-state index contributed by atoms with van der Waals surface area (Å²) in [4.78, 5) is 0. The zero-order valence-electron chi connectivity index (χ0n) is 8.81. The van der Waals surface area contributed by atoms with E-state index in [1.165, 1.54) is 12.3 Å². The molecule has 16 heavy (non-hydrogen) atoms. The first-order valence-corrected chi connectivity index (χ1v) is 5.32. The molecule has 1 aromatic heterocycles. The number of hydrogen-bond acceptors (Lipinski definition) is 2. The molecule has 0 aromatic carbocycles. The van der Waals surface area contributed by atoms with Crippen LogP contribution in [0, 0.1) is 0 Å². The predicted molar refractivity (Wildman–Crippen MR) is 59.3 cm³/mol. The van der Waals surface area contributed by atoms with E-state index < -0.39 is 7.40 Å². The summed E-state index contributed by atoms with van der Waals surface area (Å²) in [6.45, 7) is 0. The third kappa shape index (κ3) is 2.56. The van der Waals surface area contributed by atoms with Crippen molar-refractivity contribution in [2.24, 2.45) is 10.2 Å². The monoisotopic (exact) mass is 223 g/mol. The highest BCUT2D eigenvalue weighted by molar-refractivity contribution is 6.40. The third-order valence-corrected chi connectivity index (χ3v) is 2.55. The maximum atomic E-state index is 12.6. The molecule has 0 bridgehead atoms. The van der Waals surface area contributed by atoms with Crippen molar-refractivity contribution in [2.45, 2.75) is 25.7 Å². The van der Waals surface area contributed by atoms with Crippen molar-refractivity contribution in [1.29, 1.82) is 0 Å². The first-order chi connectivity index (χ1) is 7.77. The van der Waals surface area contributed by atoms with Gasteiger partial charge in [0, 0.05) is 5.71 Å². The van der Waals surface area contributed by atoms with Crippen LogP contribution in [0.15, 0.2) is 34.6 Å². The van der Waals surface area contributed by atoms with Crippen LogP contribution < -0.4 is 5.49 Å². The quantitative estimate of drug-likeness (QED) is 0.542. The lowest BCUT2D eigenvalue weighted by Crippen LogP contribution is -2.28. The molecule has 6 heteroatoms. The van der Waals surface area contributed by atoms with Crippen LogP contribution >= 0.6 is 0 Å². The fraction of sp³-hybridized carbons (Fsp3) is 0.400. The molecule has 0 amide bonds. The Bertz CT molecular complexity index is 445. The van der Waals surface area contributed by atoms with E-state index in [9.17, 15) is 8.63 Å². The first kappa shape index (κ1) is 11.0. The highest BCUT2D eigenvalue weighted by atomic mass is 19.2. The van der Waals surface area contributed by atoms with E-state index >= 15 is 0 Å². The van der Waals surface area contributed by atoms with Gasteiger partial charge in [-0.2, -0.15) is 5.10 Å². The topological polar surface area (TPSA) is 29.6 Å². The van der Waals surface area contributed by atoms with Crippen molar-refractivity contribution in [3.63, 3.8) is 0 Å². The molecule has 0 unspecified atom stereocenters. The van der Waals surface area contributed by atoms with E-state index in [2.05, 4.69) is 10.2 Å². The van der Waals surface area contributed by atoms with Gasteiger partial charge >= 0.3 is 7.40 Å². The van der Waals surface area contributed by atoms with Gasteiger partial charge in [-0.3, -0.25) is 8.63 Å². The summed E-state index contributed by atoms with van der Waals surface area (Å²) in [6, 6.07) is 4.76. The zero-order chi connectivity index (χ0) is 11.4. The van der Waals surface area contributed by atoms with E-state index in [-0.39, 0.29) is 5.49 Å². The Labute approximate surface area is 92.7 Å². The number of pyridine rings is 1. The molecule has 0 N–H and O–H groups in total. The summed E-state index contributed by atoms with van der Waals surface area (Å²) in [5.41, 5.74) is 1.20. The highest BCUT2D eigenvalue weighted by Gasteiger charge is 2.16. The van der Waals surface area contributed by atoms with Crippen LogP contribution in [0.25, 0.3) is 0 Å². The second kappa shape index (κ2) is 5.05. The maximum Gasteiger partial charge on any atom is 0.678 e. The minimum absolute atomic E-state index is 0.192. The molecular formula is C10H12BF2N3. The van der Waals surface area contributed by atoms with Crippen molar-refractivity contribution in [2.75, 3.05) is 0 Å². The van der Waals surface area contributed by atoms with Crippen molar-refractivity contribution in [1.82, 2.24) is 4.48 Å². The average Bonchev–Trinajstić information content (AvgIpc) is 2.79. The lowest BCUT2D eigenvalue weighted by Gasteiger charge is -2.00. The fourth-order valence-corrected chi connectivity index (χ4v) is 1.70. The van der Waals surface area contributed by atoms with Crippen molar-refractivity contribution < 1.29 is 8.63 Å². The van der Waals surface area contributed by atoms with Crippen LogP contribution in [0.1, 0.15) is 25.7 Å². The van der Waals surface area contributed by atoms with Gasteiger partial charge in [-0.05, 0) is 44.0 Å². The molecular weight excluding hydrogens is 211 g/mol. The predicted octanol–water partition coefficient (Wildman–Crippen LogP) is 2.09. The largest absolute Gasteiger partial charge is 0.678 e. The lowest BCUT2D eigenvalue weighted by atomic mass is 10.2. The number of nitrogens with zero attached hydrogens (tertiary/aromatic N) is 3. The smallest absolute Gasteiger partial charge is 0.315 e. The van der Waals surface area contributed by atoms with Crippen LogP contribution in [0.3, 0.4) is 0 Å². The number of hydrogen-bond donors (Lipinski definition) is 0. The molecule has 84 valence electrons. The lowest BCUT2D eigenvalue weighted by molar-refractivity contribution is 0.619. The Morgan fingerprint density at radius 3 is 2.56 bits per heavy atom.